The van der Waals surface area contributed by atoms with E-state index in [0.717, 1.165) is 0 Å². The van der Waals surface area contributed by atoms with E-state index in [0.29, 0.717) is 12.8 Å². The van der Waals surface area contributed by atoms with E-state index in [1.54, 1.807) is 6.92 Å². The van der Waals surface area contributed by atoms with Crippen LogP contribution in [0.3, 0.4) is 0 Å². The Bertz CT molecular complexity index is 582. The third-order valence-corrected chi connectivity index (χ3v) is 3.37. The molecule has 1 nitrogen and oxygen atoms in total. The first kappa shape index (κ1) is 21.4. The molecule has 144 valence electrons. The summed E-state index contributed by atoms with van der Waals surface area (Å²) in [6, 6.07) is -5.84. The van der Waals surface area contributed by atoms with Crippen LogP contribution in [0.15, 0.2) is 0 Å². The molecule has 1 aromatic carbocycles. The molecule has 0 atom stereocenters. The second kappa shape index (κ2) is 7.69. The van der Waals surface area contributed by atoms with E-state index < -0.39 is 58.4 Å². The highest BCUT2D eigenvalue weighted by Crippen LogP contribution is 2.43. The molecule has 0 N–H and O–H groups in total. The Balaban J connectivity index is 3.48. The monoisotopic (exact) mass is 385 g/mol. The fraction of sp³-hybridized carbons (Fsp3) is 0.571. The van der Waals surface area contributed by atoms with Crippen LogP contribution in [-0.2, 0) is 0 Å². The number of unbranched alkanes of at least 4 members (excludes halogenated alkanes) is 3. The van der Waals surface area contributed by atoms with Gasteiger partial charge in [0.15, 0.2) is 23.3 Å². The highest BCUT2D eigenvalue weighted by Gasteiger charge is 2.63. The summed E-state index contributed by atoms with van der Waals surface area (Å²) in [5.41, 5.74) is -2.31. The Morgan fingerprint density at radius 3 is 1.52 bits per heavy atom. The Kier molecular flexibility index (Phi) is 6.57. The molecule has 0 radical (unpaired) electrons. The van der Waals surface area contributed by atoms with Crippen LogP contribution in [0.1, 0.15) is 32.6 Å². The lowest BCUT2D eigenvalue weighted by Gasteiger charge is -2.34. The van der Waals surface area contributed by atoms with Crippen molar-refractivity contribution in [3.63, 3.8) is 0 Å². The van der Waals surface area contributed by atoms with Crippen molar-refractivity contribution in [1.82, 2.24) is 0 Å². The van der Waals surface area contributed by atoms with Crippen LogP contribution in [0.5, 0.6) is 0 Å². The molecule has 0 aromatic heterocycles. The van der Waals surface area contributed by atoms with E-state index in [1.165, 1.54) is 0 Å². The zero-order chi connectivity index (χ0) is 19.6. The van der Waals surface area contributed by atoms with Gasteiger partial charge in [-0.1, -0.05) is 26.2 Å². The summed E-state index contributed by atoms with van der Waals surface area (Å²) in [4.78, 5) is -1.13. The summed E-state index contributed by atoms with van der Waals surface area (Å²) in [5, 5.41) is 0. The molecule has 0 saturated carbocycles. The molecule has 0 fully saturated rings. The van der Waals surface area contributed by atoms with E-state index >= 15 is 0 Å². The third-order valence-electron chi connectivity index (χ3n) is 3.37. The van der Waals surface area contributed by atoms with Crippen LogP contribution in [0, 0.1) is 29.1 Å². The van der Waals surface area contributed by atoms with Crippen molar-refractivity contribution in [2.24, 2.45) is 0 Å². The van der Waals surface area contributed by atoms with Crippen molar-refractivity contribution in [3.8, 4) is 0 Å². The molecule has 1 rings (SSSR count). The number of benzene rings is 1. The van der Waals surface area contributed by atoms with Gasteiger partial charge in [-0.25, -0.2) is 22.0 Å². The van der Waals surface area contributed by atoms with Crippen LogP contribution in [0.25, 0.3) is 0 Å². The number of hydrogen-bond acceptors (Lipinski definition) is 1. The van der Waals surface area contributed by atoms with Gasteiger partial charge in [0.05, 0.1) is 0 Å². The Morgan fingerprint density at radius 2 is 1.12 bits per heavy atom. The molecule has 0 aliphatic rings. The van der Waals surface area contributed by atoms with Crippen molar-refractivity contribution < 1.29 is 43.9 Å². The highest BCUT2D eigenvalue weighted by molar-refractivity contribution is 5.52. The number of anilines is 1. The number of hydrogen-bond donors (Lipinski definition) is 0. The van der Waals surface area contributed by atoms with E-state index in [2.05, 4.69) is 0 Å². The van der Waals surface area contributed by atoms with Crippen molar-refractivity contribution >= 4 is 5.69 Å². The molecule has 0 amide bonds. The lowest BCUT2D eigenvalue weighted by Crippen LogP contribution is -2.54. The Morgan fingerprint density at radius 1 is 0.680 bits per heavy atom. The molecule has 0 unspecified atom stereocenters. The lowest BCUT2D eigenvalue weighted by molar-refractivity contribution is -0.281. The van der Waals surface area contributed by atoms with Crippen molar-refractivity contribution in [2.75, 3.05) is 11.4 Å². The van der Waals surface area contributed by atoms with E-state index in [4.69, 9.17) is 0 Å². The smallest absolute Gasteiger partial charge is 0.300 e. The average Bonchev–Trinajstić information content (AvgIpc) is 2.52. The van der Waals surface area contributed by atoms with Gasteiger partial charge in [0.25, 0.3) is 0 Å². The zero-order valence-corrected chi connectivity index (χ0v) is 12.8. The van der Waals surface area contributed by atoms with Crippen LogP contribution in [-0.4, -0.2) is 18.8 Å². The molecule has 1 aromatic rings. The van der Waals surface area contributed by atoms with Crippen molar-refractivity contribution in [2.45, 2.75) is 44.8 Å². The second-order valence-electron chi connectivity index (χ2n) is 5.17. The first-order chi connectivity index (χ1) is 11.4. The summed E-state index contributed by atoms with van der Waals surface area (Å²) < 4.78 is 132. The lowest BCUT2D eigenvalue weighted by atomic mass is 10.1. The van der Waals surface area contributed by atoms with E-state index in [1.807, 2.05) is 0 Å². The number of rotatable bonds is 7. The van der Waals surface area contributed by atoms with Gasteiger partial charge in [0, 0.05) is 6.54 Å². The Hall–Kier alpha value is -1.68. The maximum atomic E-state index is 13.7. The Labute approximate surface area is 136 Å². The maximum Gasteiger partial charge on any atom is 0.475 e. The minimum Gasteiger partial charge on any atom is -0.300 e. The molecule has 0 saturated heterocycles. The van der Waals surface area contributed by atoms with Gasteiger partial charge < -0.3 is 4.90 Å². The van der Waals surface area contributed by atoms with Gasteiger partial charge in [0.1, 0.15) is 5.69 Å². The minimum absolute atomic E-state index is 0.121. The molecule has 25 heavy (non-hydrogen) atoms. The van der Waals surface area contributed by atoms with Crippen LogP contribution >= 0.6 is 0 Å². The summed E-state index contributed by atoms with van der Waals surface area (Å²) in [6.07, 6.45) is -5.56. The average molecular weight is 385 g/mol. The second-order valence-corrected chi connectivity index (χ2v) is 5.17. The summed E-state index contributed by atoms with van der Waals surface area (Å²) in [6.45, 7) is 0.441. The fourth-order valence-electron chi connectivity index (χ4n) is 2.07. The summed E-state index contributed by atoms with van der Waals surface area (Å²) in [5.74, 6) is -13.4. The minimum atomic E-state index is -6.29. The molecule has 0 heterocycles. The molecular weight excluding hydrogens is 372 g/mol. The third kappa shape index (κ3) is 4.12. The fourth-order valence-corrected chi connectivity index (χ4v) is 2.07. The highest BCUT2D eigenvalue weighted by atomic mass is 19.4. The predicted molar refractivity (Wildman–Crippen MR) is 68.7 cm³/mol. The van der Waals surface area contributed by atoms with E-state index in [-0.39, 0.29) is 12.8 Å². The number of nitrogens with zero attached hydrogens (tertiary/aromatic N) is 1. The quantitative estimate of drug-likeness (QED) is 0.185. The SMILES string of the molecule is CCCCCCN(c1c(F)c(F)c(F)c(F)c1F)C(F)(F)C(F)(F)F. The van der Waals surface area contributed by atoms with Gasteiger partial charge in [-0.15, -0.1) is 0 Å². The van der Waals surface area contributed by atoms with E-state index in [9.17, 15) is 43.9 Å². The first-order valence-corrected chi connectivity index (χ1v) is 7.11. The first-order valence-electron chi connectivity index (χ1n) is 7.11. The predicted octanol–water partition coefficient (Wildman–Crippen LogP) is 5.92. The molecule has 0 spiro atoms. The molecule has 0 aliphatic carbocycles. The summed E-state index contributed by atoms with van der Waals surface area (Å²) >= 11 is 0. The van der Waals surface area contributed by atoms with Crippen molar-refractivity contribution in [1.29, 1.82) is 0 Å². The normalized spacial score (nSPS) is 12.6. The van der Waals surface area contributed by atoms with Crippen LogP contribution < -0.4 is 4.90 Å². The topological polar surface area (TPSA) is 3.24 Å². The van der Waals surface area contributed by atoms with Gasteiger partial charge >= 0.3 is 12.2 Å². The van der Waals surface area contributed by atoms with Gasteiger partial charge in [0.2, 0.25) is 5.82 Å². The van der Waals surface area contributed by atoms with Gasteiger partial charge in [-0.05, 0) is 6.42 Å². The maximum absolute atomic E-state index is 13.7. The van der Waals surface area contributed by atoms with Crippen LogP contribution in [0.4, 0.5) is 49.6 Å². The van der Waals surface area contributed by atoms with Gasteiger partial charge in [-0.2, -0.15) is 22.0 Å². The van der Waals surface area contributed by atoms with Crippen LogP contribution in [0.2, 0.25) is 0 Å². The standard InChI is InChI=1S/C14H13F10N/c1-2-3-4-5-6-25(14(23,24)13(20,21)22)12-10(18)8(16)7(15)9(17)11(12)19/h2-6H2,1H3. The molecular formula is C14H13F10N. The molecule has 0 bridgehead atoms. The largest absolute Gasteiger partial charge is 0.475 e. The number of alkyl halides is 5. The molecule has 0 aliphatic heterocycles. The van der Waals surface area contributed by atoms with Crippen molar-refractivity contribution in [3.05, 3.63) is 29.1 Å². The molecule has 11 heteroatoms. The van der Waals surface area contributed by atoms with Gasteiger partial charge in [-0.3, -0.25) is 0 Å². The zero-order valence-electron chi connectivity index (χ0n) is 12.8. The number of halogens is 10. The summed E-state index contributed by atoms with van der Waals surface area (Å²) in [7, 11) is 0.